The fourth-order valence-electron chi connectivity index (χ4n) is 3.15. The Morgan fingerprint density at radius 3 is 2.57 bits per heavy atom. The highest BCUT2D eigenvalue weighted by molar-refractivity contribution is 7.13. The number of nitrogens with zero attached hydrogens (tertiary/aromatic N) is 4. The number of hydrogen-bond donors (Lipinski definition) is 1. The molecule has 9 heteroatoms. The predicted molar refractivity (Wildman–Crippen MR) is 120 cm³/mol. The number of aromatic nitrogens is 4. The Morgan fingerprint density at radius 2 is 1.83 bits per heavy atom. The summed E-state index contributed by atoms with van der Waals surface area (Å²) in [6.07, 6.45) is 0. The van der Waals surface area contributed by atoms with Gasteiger partial charge in [0.15, 0.2) is 11.5 Å². The van der Waals surface area contributed by atoms with Gasteiger partial charge in [-0.1, -0.05) is 34.5 Å². The molecule has 0 amide bonds. The van der Waals surface area contributed by atoms with Crippen LogP contribution in [0, 0.1) is 13.8 Å². The fraction of sp³-hybridized carbons (Fsp3) is 0.190. The molecule has 0 bridgehead atoms. The summed E-state index contributed by atoms with van der Waals surface area (Å²) in [5.41, 5.74) is 11.8. The molecule has 154 valence electrons. The molecule has 0 aliphatic carbocycles. The Kier molecular flexibility index (Phi) is 5.36. The van der Waals surface area contributed by atoms with Crippen molar-refractivity contribution in [3.8, 4) is 39.1 Å². The average molecular weight is 442 g/mol. The first-order chi connectivity index (χ1) is 14.4. The molecule has 0 saturated heterocycles. The Hall–Kier alpha value is -3.10. The van der Waals surface area contributed by atoms with Crippen molar-refractivity contribution in [3.63, 3.8) is 0 Å². The van der Waals surface area contributed by atoms with E-state index in [2.05, 4.69) is 42.4 Å². The molecule has 30 heavy (non-hydrogen) atoms. The fourth-order valence-corrected chi connectivity index (χ4v) is 4.19. The van der Waals surface area contributed by atoms with E-state index in [9.17, 15) is 0 Å². The number of hydrogen-bond acceptors (Lipinski definition) is 7. The number of nitrogen functional groups attached to an aromatic ring is 1. The van der Waals surface area contributed by atoms with Crippen LogP contribution in [0.15, 0.2) is 35.7 Å². The molecule has 0 unspecified atom stereocenters. The van der Waals surface area contributed by atoms with Gasteiger partial charge >= 0.3 is 0 Å². The molecule has 4 aromatic rings. The molecule has 0 aliphatic heterocycles. The number of thiazole rings is 1. The highest BCUT2D eigenvalue weighted by atomic mass is 35.5. The van der Waals surface area contributed by atoms with Gasteiger partial charge in [0.1, 0.15) is 22.2 Å². The maximum absolute atomic E-state index is 6.39. The minimum Gasteiger partial charge on any atom is -0.495 e. The lowest BCUT2D eigenvalue weighted by molar-refractivity contribution is 0.392. The van der Waals surface area contributed by atoms with Gasteiger partial charge < -0.3 is 15.2 Å². The second kappa shape index (κ2) is 7.97. The first kappa shape index (κ1) is 20.2. The Morgan fingerprint density at radius 1 is 1.07 bits per heavy atom. The summed E-state index contributed by atoms with van der Waals surface area (Å²) in [6, 6.07) is 9.66. The monoisotopic (exact) mass is 441 g/mol. The lowest BCUT2D eigenvalue weighted by atomic mass is 10.0. The smallest absolute Gasteiger partial charge is 0.165 e. The summed E-state index contributed by atoms with van der Waals surface area (Å²) in [4.78, 5) is 4.75. The minimum absolute atomic E-state index is 0.344. The molecule has 0 fully saturated rings. The van der Waals surface area contributed by atoms with Crippen molar-refractivity contribution < 1.29 is 9.47 Å². The molecule has 4 rings (SSSR count). The van der Waals surface area contributed by atoms with Crippen molar-refractivity contribution in [2.75, 3.05) is 20.0 Å². The highest BCUT2D eigenvalue weighted by Gasteiger charge is 2.20. The zero-order valence-electron chi connectivity index (χ0n) is 16.9. The second-order valence-corrected chi connectivity index (χ2v) is 8.02. The van der Waals surface area contributed by atoms with Crippen LogP contribution in [0.1, 0.15) is 11.1 Å². The highest BCUT2D eigenvalue weighted by Crippen LogP contribution is 2.38. The van der Waals surface area contributed by atoms with Gasteiger partial charge in [-0.3, -0.25) is 0 Å². The summed E-state index contributed by atoms with van der Waals surface area (Å²) < 4.78 is 12.2. The van der Waals surface area contributed by atoms with Crippen LogP contribution in [-0.4, -0.2) is 34.2 Å². The Balaban J connectivity index is 1.76. The molecule has 2 aromatic carbocycles. The molecule has 2 aromatic heterocycles. The van der Waals surface area contributed by atoms with Crippen LogP contribution in [-0.2, 0) is 0 Å². The maximum Gasteiger partial charge on any atom is 0.165 e. The van der Waals surface area contributed by atoms with Crippen LogP contribution >= 0.6 is 22.9 Å². The van der Waals surface area contributed by atoms with Gasteiger partial charge in [0.25, 0.3) is 0 Å². The van der Waals surface area contributed by atoms with Crippen molar-refractivity contribution in [3.05, 3.63) is 51.9 Å². The van der Waals surface area contributed by atoms with Gasteiger partial charge in [-0.15, -0.1) is 16.4 Å². The Labute approximate surface area is 183 Å². The molecular weight excluding hydrogens is 422 g/mol. The number of benzene rings is 2. The van der Waals surface area contributed by atoms with Crippen molar-refractivity contribution >= 4 is 28.8 Å². The zero-order valence-corrected chi connectivity index (χ0v) is 18.5. The molecule has 0 spiro atoms. The van der Waals surface area contributed by atoms with Crippen molar-refractivity contribution in [1.82, 2.24) is 20.0 Å². The largest absolute Gasteiger partial charge is 0.495 e. The van der Waals surface area contributed by atoms with E-state index in [0.717, 1.165) is 16.8 Å². The zero-order chi connectivity index (χ0) is 21.4. The van der Waals surface area contributed by atoms with E-state index in [4.69, 9.17) is 31.8 Å². The van der Waals surface area contributed by atoms with Gasteiger partial charge in [0.2, 0.25) is 0 Å². The second-order valence-electron chi connectivity index (χ2n) is 6.75. The summed E-state index contributed by atoms with van der Waals surface area (Å²) in [6.45, 7) is 4.13. The topological polar surface area (TPSA) is 88.1 Å². The van der Waals surface area contributed by atoms with Crippen LogP contribution < -0.4 is 15.2 Å². The number of halogens is 1. The molecule has 2 heterocycles. The number of ether oxygens (including phenoxy) is 2. The molecule has 2 N–H and O–H groups in total. The molecule has 7 nitrogen and oxygen atoms in total. The predicted octanol–water partition coefficient (Wildman–Crippen LogP) is 4.93. The summed E-state index contributed by atoms with van der Waals surface area (Å²) in [7, 11) is 3.09. The third-order valence-electron chi connectivity index (χ3n) is 4.76. The molecule has 0 aliphatic rings. The standard InChI is InChI=1S/C21H20ClN5O2S/c1-11-5-6-12(2)13(7-11)15-10-30-21(24-15)19-20(23)27(26-25-19)16-8-14(22)17(28-3)9-18(16)29-4/h5-10H,23H2,1-4H3. The average Bonchev–Trinajstić information content (AvgIpc) is 3.36. The van der Waals surface area contributed by atoms with Crippen LogP contribution in [0.25, 0.3) is 27.6 Å². The van der Waals surface area contributed by atoms with Crippen LogP contribution in [0.2, 0.25) is 5.02 Å². The third kappa shape index (κ3) is 3.48. The number of nitrogens with two attached hydrogens (primary N) is 1. The summed E-state index contributed by atoms with van der Waals surface area (Å²) >= 11 is 7.76. The Bertz CT molecular complexity index is 1230. The maximum atomic E-state index is 6.39. The number of anilines is 1. The van der Waals surface area contributed by atoms with Gasteiger partial charge in [0.05, 0.1) is 24.9 Å². The van der Waals surface area contributed by atoms with Crippen molar-refractivity contribution in [2.45, 2.75) is 13.8 Å². The summed E-state index contributed by atoms with van der Waals surface area (Å²) in [5, 5.41) is 11.6. The van der Waals surface area contributed by atoms with Gasteiger partial charge in [-0.2, -0.15) is 4.68 Å². The van der Waals surface area contributed by atoms with Crippen molar-refractivity contribution in [2.24, 2.45) is 0 Å². The van der Waals surface area contributed by atoms with Gasteiger partial charge in [0, 0.05) is 17.0 Å². The normalized spacial score (nSPS) is 11.0. The minimum atomic E-state index is 0.344. The lowest BCUT2D eigenvalue weighted by Crippen LogP contribution is -2.05. The van der Waals surface area contributed by atoms with E-state index in [-0.39, 0.29) is 0 Å². The molecule has 0 atom stereocenters. The van der Waals surface area contributed by atoms with E-state index >= 15 is 0 Å². The van der Waals surface area contributed by atoms with Crippen molar-refractivity contribution in [1.29, 1.82) is 0 Å². The molecular formula is C21H20ClN5O2S. The van der Waals surface area contributed by atoms with Crippen LogP contribution in [0.3, 0.4) is 0 Å². The quantitative estimate of drug-likeness (QED) is 0.472. The lowest BCUT2D eigenvalue weighted by Gasteiger charge is -2.12. The number of aryl methyl sites for hydroxylation is 2. The SMILES string of the molecule is COc1cc(OC)c(-n2nnc(-c3nc(-c4cc(C)ccc4C)cs3)c2N)cc1Cl. The van der Waals surface area contributed by atoms with Gasteiger partial charge in [-0.05, 0) is 31.5 Å². The third-order valence-corrected chi connectivity index (χ3v) is 5.91. The van der Waals surface area contributed by atoms with E-state index in [1.165, 1.54) is 28.7 Å². The van der Waals surface area contributed by atoms with E-state index < -0.39 is 0 Å². The first-order valence-corrected chi connectivity index (χ1v) is 10.3. The number of rotatable bonds is 5. The van der Waals surface area contributed by atoms with E-state index in [1.807, 2.05) is 5.38 Å². The van der Waals surface area contributed by atoms with Gasteiger partial charge in [-0.25, -0.2) is 4.98 Å². The molecule has 0 saturated carbocycles. The van der Waals surface area contributed by atoms with E-state index in [1.54, 1.807) is 19.2 Å². The van der Waals surface area contributed by atoms with Crippen LogP contribution in [0.5, 0.6) is 11.5 Å². The summed E-state index contributed by atoms with van der Waals surface area (Å²) in [5.74, 6) is 1.35. The number of methoxy groups -OCH3 is 2. The van der Waals surface area contributed by atoms with Crippen LogP contribution in [0.4, 0.5) is 5.82 Å². The first-order valence-electron chi connectivity index (χ1n) is 9.09. The van der Waals surface area contributed by atoms with E-state index in [0.29, 0.717) is 38.7 Å². The molecule has 0 radical (unpaired) electrons.